The summed E-state index contributed by atoms with van der Waals surface area (Å²) in [6, 6.07) is 3.21. The Morgan fingerprint density at radius 2 is 1.92 bits per heavy atom. The summed E-state index contributed by atoms with van der Waals surface area (Å²) < 4.78 is 40.3. The molecule has 2 N–H and O–H groups in total. The molecule has 26 heavy (non-hydrogen) atoms. The summed E-state index contributed by atoms with van der Waals surface area (Å²) in [6.07, 6.45) is 1.43. The molecule has 1 fully saturated rings. The van der Waals surface area contributed by atoms with Crippen LogP contribution in [0.25, 0.3) is 0 Å². The SMILES string of the molecule is CC(C)(C)NC(=O)N1CCC(CNS(=O)(=O)c2ccc(F)c(Cl)c2)CC1. The number of piperidine rings is 1. The van der Waals surface area contributed by atoms with Crippen molar-refractivity contribution >= 4 is 27.7 Å². The Morgan fingerprint density at radius 1 is 1.31 bits per heavy atom. The molecule has 0 bridgehead atoms. The van der Waals surface area contributed by atoms with Crippen molar-refractivity contribution in [3.05, 3.63) is 29.0 Å². The molecule has 146 valence electrons. The van der Waals surface area contributed by atoms with E-state index in [-0.39, 0.29) is 34.0 Å². The lowest BCUT2D eigenvalue weighted by Crippen LogP contribution is -2.51. The number of carbonyl (C=O) groups excluding carboxylic acids is 1. The third-order valence-corrected chi connectivity index (χ3v) is 5.86. The molecule has 0 aliphatic carbocycles. The summed E-state index contributed by atoms with van der Waals surface area (Å²) in [5.74, 6) is -0.522. The molecule has 1 aliphatic heterocycles. The molecule has 0 spiro atoms. The molecule has 1 heterocycles. The second kappa shape index (κ2) is 8.10. The highest BCUT2D eigenvalue weighted by molar-refractivity contribution is 7.89. The summed E-state index contributed by atoms with van der Waals surface area (Å²) in [4.78, 5) is 13.8. The van der Waals surface area contributed by atoms with Crippen LogP contribution < -0.4 is 10.0 Å². The van der Waals surface area contributed by atoms with Crippen LogP contribution in [-0.2, 0) is 10.0 Å². The molecule has 0 atom stereocenters. The van der Waals surface area contributed by atoms with Gasteiger partial charge in [-0.2, -0.15) is 0 Å². The minimum atomic E-state index is -3.75. The molecule has 0 aromatic heterocycles. The largest absolute Gasteiger partial charge is 0.333 e. The van der Waals surface area contributed by atoms with Crippen molar-refractivity contribution in [2.45, 2.75) is 44.0 Å². The van der Waals surface area contributed by atoms with Crippen LogP contribution in [0.3, 0.4) is 0 Å². The maximum atomic E-state index is 13.2. The van der Waals surface area contributed by atoms with E-state index in [9.17, 15) is 17.6 Å². The van der Waals surface area contributed by atoms with Crippen LogP contribution in [0, 0.1) is 11.7 Å². The molecule has 1 aromatic rings. The zero-order valence-electron chi connectivity index (χ0n) is 15.2. The van der Waals surface area contributed by atoms with Crippen molar-refractivity contribution in [3.63, 3.8) is 0 Å². The number of carbonyl (C=O) groups is 1. The summed E-state index contributed by atoms with van der Waals surface area (Å²) in [5, 5.41) is 2.69. The molecule has 2 amide bonds. The van der Waals surface area contributed by atoms with Crippen LogP contribution in [0.15, 0.2) is 23.1 Å². The Hall–Kier alpha value is -1.38. The number of hydrogen-bond donors (Lipinski definition) is 2. The number of nitrogens with zero attached hydrogens (tertiary/aromatic N) is 1. The fourth-order valence-electron chi connectivity index (χ4n) is 2.69. The zero-order valence-corrected chi connectivity index (χ0v) is 16.8. The van der Waals surface area contributed by atoms with Gasteiger partial charge in [0.1, 0.15) is 5.82 Å². The Labute approximate surface area is 159 Å². The standard InChI is InChI=1S/C17H25ClFN3O3S/c1-17(2,3)21-16(23)22-8-6-12(7-9-22)11-20-26(24,25)13-4-5-15(19)14(18)10-13/h4-5,10,12,20H,6-9,11H2,1-3H3,(H,21,23). The van der Waals surface area contributed by atoms with Gasteiger partial charge in [0.05, 0.1) is 9.92 Å². The van der Waals surface area contributed by atoms with Crippen LogP contribution >= 0.6 is 11.6 Å². The second-order valence-electron chi connectivity index (χ2n) is 7.54. The highest BCUT2D eigenvalue weighted by Gasteiger charge is 2.26. The molecule has 6 nitrogen and oxygen atoms in total. The summed E-state index contributed by atoms with van der Waals surface area (Å²) >= 11 is 5.65. The summed E-state index contributed by atoms with van der Waals surface area (Å²) in [6.45, 7) is 7.20. The fraction of sp³-hybridized carbons (Fsp3) is 0.588. The normalized spacial score (nSPS) is 16.6. The molecular weight excluding hydrogens is 381 g/mol. The molecule has 0 saturated carbocycles. The number of likely N-dealkylation sites (tertiary alicyclic amines) is 1. The Morgan fingerprint density at radius 3 is 2.46 bits per heavy atom. The van der Waals surface area contributed by atoms with E-state index in [2.05, 4.69) is 10.0 Å². The number of halogens is 2. The lowest BCUT2D eigenvalue weighted by molar-refractivity contribution is 0.163. The van der Waals surface area contributed by atoms with Crippen molar-refractivity contribution in [3.8, 4) is 0 Å². The number of rotatable bonds is 4. The van der Waals surface area contributed by atoms with Crippen molar-refractivity contribution in [2.75, 3.05) is 19.6 Å². The molecule has 2 rings (SSSR count). The summed E-state index contributed by atoms with van der Waals surface area (Å²) in [7, 11) is -3.75. The van der Waals surface area contributed by atoms with E-state index in [0.717, 1.165) is 12.1 Å². The highest BCUT2D eigenvalue weighted by Crippen LogP contribution is 2.21. The van der Waals surface area contributed by atoms with Gasteiger partial charge in [0.2, 0.25) is 10.0 Å². The number of nitrogens with one attached hydrogen (secondary N) is 2. The van der Waals surface area contributed by atoms with Gasteiger partial charge in [-0.15, -0.1) is 0 Å². The third-order valence-electron chi connectivity index (χ3n) is 4.15. The quantitative estimate of drug-likeness (QED) is 0.808. The number of hydrogen-bond acceptors (Lipinski definition) is 3. The van der Waals surface area contributed by atoms with Gasteiger partial charge in [0.25, 0.3) is 0 Å². The van der Waals surface area contributed by atoms with E-state index in [1.807, 2.05) is 20.8 Å². The number of amides is 2. The van der Waals surface area contributed by atoms with E-state index < -0.39 is 15.8 Å². The third kappa shape index (κ3) is 5.82. The van der Waals surface area contributed by atoms with E-state index in [1.165, 1.54) is 6.07 Å². The van der Waals surface area contributed by atoms with Crippen molar-refractivity contribution in [2.24, 2.45) is 5.92 Å². The van der Waals surface area contributed by atoms with Gasteiger partial charge >= 0.3 is 6.03 Å². The van der Waals surface area contributed by atoms with Crippen LogP contribution in [0.4, 0.5) is 9.18 Å². The first-order valence-electron chi connectivity index (χ1n) is 8.50. The Bertz CT molecular complexity index is 757. The van der Waals surface area contributed by atoms with Crippen molar-refractivity contribution in [1.82, 2.24) is 14.9 Å². The molecular formula is C17H25ClFN3O3S. The van der Waals surface area contributed by atoms with Gasteiger partial charge in [0, 0.05) is 25.2 Å². The molecule has 1 aromatic carbocycles. The monoisotopic (exact) mass is 405 g/mol. The Balaban J connectivity index is 1.86. The van der Waals surface area contributed by atoms with E-state index >= 15 is 0 Å². The van der Waals surface area contributed by atoms with Gasteiger partial charge in [-0.3, -0.25) is 0 Å². The first-order chi connectivity index (χ1) is 12.0. The van der Waals surface area contributed by atoms with E-state index in [4.69, 9.17) is 11.6 Å². The van der Waals surface area contributed by atoms with Crippen LogP contribution in [0.2, 0.25) is 5.02 Å². The maximum Gasteiger partial charge on any atom is 0.317 e. The summed E-state index contributed by atoms with van der Waals surface area (Å²) in [5.41, 5.74) is -0.292. The topological polar surface area (TPSA) is 78.5 Å². The van der Waals surface area contributed by atoms with Crippen molar-refractivity contribution in [1.29, 1.82) is 0 Å². The minimum absolute atomic E-state index is 0.0640. The number of sulfonamides is 1. The van der Waals surface area contributed by atoms with Gasteiger partial charge in [-0.25, -0.2) is 22.3 Å². The molecule has 9 heteroatoms. The highest BCUT2D eigenvalue weighted by atomic mass is 35.5. The average molecular weight is 406 g/mol. The molecule has 0 unspecified atom stereocenters. The average Bonchev–Trinajstić information content (AvgIpc) is 2.54. The van der Waals surface area contributed by atoms with Gasteiger partial charge in [-0.05, 0) is 57.7 Å². The van der Waals surface area contributed by atoms with Gasteiger partial charge < -0.3 is 10.2 Å². The maximum absolute atomic E-state index is 13.2. The smallest absolute Gasteiger partial charge is 0.317 e. The van der Waals surface area contributed by atoms with Gasteiger partial charge in [-0.1, -0.05) is 11.6 Å². The van der Waals surface area contributed by atoms with Crippen molar-refractivity contribution < 1.29 is 17.6 Å². The van der Waals surface area contributed by atoms with Crippen LogP contribution in [0.1, 0.15) is 33.6 Å². The van der Waals surface area contributed by atoms with E-state index in [1.54, 1.807) is 4.90 Å². The fourth-order valence-corrected chi connectivity index (χ4v) is 4.08. The van der Waals surface area contributed by atoms with Crippen LogP contribution in [0.5, 0.6) is 0 Å². The lowest BCUT2D eigenvalue weighted by atomic mass is 9.97. The second-order valence-corrected chi connectivity index (χ2v) is 9.71. The minimum Gasteiger partial charge on any atom is -0.333 e. The molecule has 1 saturated heterocycles. The lowest BCUT2D eigenvalue weighted by Gasteiger charge is -2.34. The van der Waals surface area contributed by atoms with E-state index in [0.29, 0.717) is 25.9 Å². The zero-order chi connectivity index (χ0) is 19.5. The predicted octanol–water partition coefficient (Wildman–Crippen LogP) is 2.98. The molecule has 0 radical (unpaired) electrons. The first-order valence-corrected chi connectivity index (χ1v) is 10.4. The van der Waals surface area contributed by atoms with Gasteiger partial charge in [0.15, 0.2) is 0 Å². The Kier molecular flexibility index (Phi) is 6.52. The first kappa shape index (κ1) is 20.9. The molecule has 1 aliphatic rings. The van der Waals surface area contributed by atoms with Crippen LogP contribution in [-0.4, -0.2) is 44.5 Å². The number of urea groups is 1. The predicted molar refractivity (Wildman–Crippen MR) is 99.2 cm³/mol. The number of benzene rings is 1.